The molecule has 0 aliphatic heterocycles. The van der Waals surface area contributed by atoms with Crippen LogP contribution < -0.4 is 0 Å². The van der Waals surface area contributed by atoms with Crippen LogP contribution >= 0.6 is 0 Å². The molecule has 124 valence electrons. The van der Waals surface area contributed by atoms with Crippen molar-refractivity contribution in [3.8, 4) is 0 Å². The Morgan fingerprint density at radius 2 is 2.05 bits per heavy atom. The van der Waals surface area contributed by atoms with E-state index >= 15 is 0 Å². The van der Waals surface area contributed by atoms with Crippen LogP contribution in [0.3, 0.4) is 0 Å². The van der Waals surface area contributed by atoms with Crippen molar-refractivity contribution >= 4 is 11.6 Å². The van der Waals surface area contributed by atoms with E-state index in [1.165, 1.54) is 5.57 Å². The lowest BCUT2D eigenvalue weighted by Crippen LogP contribution is -2.37. The van der Waals surface area contributed by atoms with Gasteiger partial charge in [-0.25, -0.2) is 0 Å². The van der Waals surface area contributed by atoms with Gasteiger partial charge in [0.15, 0.2) is 5.78 Å². The van der Waals surface area contributed by atoms with E-state index in [-0.39, 0.29) is 17.5 Å². The third kappa shape index (κ3) is 5.88. The Balaban J connectivity index is 2.53. The summed E-state index contributed by atoms with van der Waals surface area (Å²) in [5, 5.41) is 10.5. The molecule has 1 atom stereocenters. The molecule has 0 aromatic carbocycles. The van der Waals surface area contributed by atoms with E-state index in [4.69, 9.17) is 0 Å². The van der Waals surface area contributed by atoms with Gasteiger partial charge in [-0.15, -0.1) is 0 Å². The van der Waals surface area contributed by atoms with Gasteiger partial charge in [-0.3, -0.25) is 4.79 Å². The Bertz CT molecular complexity index is 471. The Morgan fingerprint density at radius 3 is 2.64 bits per heavy atom. The van der Waals surface area contributed by atoms with Gasteiger partial charge < -0.3 is 9.90 Å². The lowest BCUT2D eigenvalue weighted by atomic mass is 9.78. The monoisotopic (exact) mass is 306 g/mol. The zero-order chi connectivity index (χ0) is 16.8. The van der Waals surface area contributed by atoms with Crippen molar-refractivity contribution in [3.63, 3.8) is 0 Å². The number of carbonyl (C=O) groups is 2. The molecular formula is C19H30O3. The molecule has 0 amide bonds. The molecule has 0 aromatic heterocycles. The summed E-state index contributed by atoms with van der Waals surface area (Å²) in [4.78, 5) is 22.9. The van der Waals surface area contributed by atoms with Gasteiger partial charge in [0.25, 0.3) is 0 Å². The number of ketones is 2. The Labute approximate surface area is 134 Å². The molecule has 0 spiro atoms. The second kappa shape index (κ2) is 8.42. The zero-order valence-electron chi connectivity index (χ0n) is 14.4. The van der Waals surface area contributed by atoms with E-state index in [0.717, 1.165) is 24.8 Å². The largest absolute Gasteiger partial charge is 0.385 e. The highest BCUT2D eigenvalue weighted by Gasteiger charge is 2.34. The van der Waals surface area contributed by atoms with E-state index in [1.54, 1.807) is 13.0 Å². The average molecular weight is 306 g/mol. The SMILES string of the molecule is CC(=O)CCCC(C)=CCCC1=C[C@](O)(C(C)C)CCC1=O. The fourth-order valence-electron chi connectivity index (χ4n) is 2.79. The minimum absolute atomic E-state index is 0.124. The fraction of sp³-hybridized carbons (Fsp3) is 0.684. The van der Waals surface area contributed by atoms with Crippen LogP contribution in [0.1, 0.15) is 72.6 Å². The summed E-state index contributed by atoms with van der Waals surface area (Å²) >= 11 is 0. The first kappa shape index (κ1) is 18.8. The van der Waals surface area contributed by atoms with Crippen LogP contribution in [-0.2, 0) is 9.59 Å². The summed E-state index contributed by atoms with van der Waals surface area (Å²) < 4.78 is 0. The second-order valence-corrected chi connectivity index (χ2v) is 6.88. The van der Waals surface area contributed by atoms with Crippen LogP contribution in [0.2, 0.25) is 0 Å². The molecule has 22 heavy (non-hydrogen) atoms. The molecule has 1 rings (SSSR count). The van der Waals surface area contributed by atoms with Crippen LogP contribution in [-0.4, -0.2) is 22.3 Å². The second-order valence-electron chi connectivity index (χ2n) is 6.88. The minimum Gasteiger partial charge on any atom is -0.385 e. The molecule has 3 heteroatoms. The number of hydrogen-bond donors (Lipinski definition) is 1. The smallest absolute Gasteiger partial charge is 0.158 e. The van der Waals surface area contributed by atoms with E-state index < -0.39 is 5.60 Å². The van der Waals surface area contributed by atoms with E-state index in [0.29, 0.717) is 25.7 Å². The maximum absolute atomic E-state index is 12.0. The van der Waals surface area contributed by atoms with Crippen molar-refractivity contribution in [3.05, 3.63) is 23.3 Å². The van der Waals surface area contributed by atoms with Crippen molar-refractivity contribution in [1.29, 1.82) is 0 Å². The first-order valence-corrected chi connectivity index (χ1v) is 8.37. The maximum Gasteiger partial charge on any atom is 0.158 e. The zero-order valence-corrected chi connectivity index (χ0v) is 14.4. The lowest BCUT2D eigenvalue weighted by molar-refractivity contribution is -0.118. The Kier molecular flexibility index (Phi) is 7.21. The van der Waals surface area contributed by atoms with Gasteiger partial charge in [0.05, 0.1) is 5.60 Å². The van der Waals surface area contributed by atoms with Gasteiger partial charge >= 0.3 is 0 Å². The van der Waals surface area contributed by atoms with Gasteiger partial charge in [-0.2, -0.15) is 0 Å². The average Bonchev–Trinajstić information content (AvgIpc) is 2.42. The number of Topliss-reactive ketones (excluding diaryl/α,β-unsaturated/α-hetero) is 2. The molecule has 0 fully saturated rings. The van der Waals surface area contributed by atoms with E-state index in [9.17, 15) is 14.7 Å². The molecule has 0 saturated carbocycles. The van der Waals surface area contributed by atoms with Gasteiger partial charge in [0.2, 0.25) is 0 Å². The Morgan fingerprint density at radius 1 is 1.36 bits per heavy atom. The summed E-state index contributed by atoms with van der Waals surface area (Å²) in [7, 11) is 0. The molecule has 0 radical (unpaired) electrons. The highest BCUT2D eigenvalue weighted by Crippen LogP contribution is 2.32. The van der Waals surface area contributed by atoms with Crippen LogP contribution in [0.4, 0.5) is 0 Å². The predicted octanol–water partition coefficient (Wildman–Crippen LogP) is 4.15. The molecule has 0 bridgehead atoms. The number of hydrogen-bond acceptors (Lipinski definition) is 3. The lowest BCUT2D eigenvalue weighted by Gasteiger charge is -2.33. The first-order valence-electron chi connectivity index (χ1n) is 8.37. The third-order valence-electron chi connectivity index (χ3n) is 4.54. The number of allylic oxidation sites excluding steroid dienone is 3. The van der Waals surface area contributed by atoms with Gasteiger partial charge in [-0.1, -0.05) is 25.5 Å². The van der Waals surface area contributed by atoms with Gasteiger partial charge in [0, 0.05) is 12.8 Å². The van der Waals surface area contributed by atoms with Crippen molar-refractivity contribution in [2.75, 3.05) is 0 Å². The standard InChI is InChI=1S/C19H30O3/c1-14(2)19(22)12-11-18(21)17(13-19)10-6-8-15(3)7-5-9-16(4)20/h8,13-14,22H,5-7,9-12H2,1-4H3/t19-/m0/s1. The molecule has 0 aromatic rings. The minimum atomic E-state index is -0.830. The fourth-order valence-corrected chi connectivity index (χ4v) is 2.79. The van der Waals surface area contributed by atoms with Gasteiger partial charge in [-0.05, 0) is 63.5 Å². The number of aliphatic hydroxyl groups is 1. The molecular weight excluding hydrogens is 276 g/mol. The molecule has 3 nitrogen and oxygen atoms in total. The van der Waals surface area contributed by atoms with Crippen molar-refractivity contribution < 1.29 is 14.7 Å². The summed E-state index contributed by atoms with van der Waals surface area (Å²) in [6, 6.07) is 0. The topological polar surface area (TPSA) is 54.4 Å². The highest BCUT2D eigenvalue weighted by atomic mass is 16.3. The van der Waals surface area contributed by atoms with Crippen molar-refractivity contribution in [1.82, 2.24) is 0 Å². The summed E-state index contributed by atoms with van der Waals surface area (Å²) in [5.74, 6) is 0.533. The molecule has 1 aliphatic rings. The van der Waals surface area contributed by atoms with Gasteiger partial charge in [0.1, 0.15) is 5.78 Å². The predicted molar refractivity (Wildman–Crippen MR) is 89.6 cm³/mol. The summed E-state index contributed by atoms with van der Waals surface area (Å²) in [6.45, 7) is 7.67. The third-order valence-corrected chi connectivity index (χ3v) is 4.54. The highest BCUT2D eigenvalue weighted by molar-refractivity contribution is 5.96. The van der Waals surface area contributed by atoms with Crippen LogP contribution in [0, 0.1) is 5.92 Å². The van der Waals surface area contributed by atoms with E-state index in [2.05, 4.69) is 13.0 Å². The summed E-state index contributed by atoms with van der Waals surface area (Å²) in [6.07, 6.45) is 8.90. The summed E-state index contributed by atoms with van der Waals surface area (Å²) in [5.41, 5.74) is 1.21. The molecule has 1 aliphatic carbocycles. The molecule has 0 saturated heterocycles. The van der Waals surface area contributed by atoms with E-state index in [1.807, 2.05) is 13.8 Å². The molecule has 1 N–H and O–H groups in total. The molecule has 0 unspecified atom stereocenters. The van der Waals surface area contributed by atoms with Crippen LogP contribution in [0.25, 0.3) is 0 Å². The number of carbonyl (C=O) groups excluding carboxylic acids is 2. The van der Waals surface area contributed by atoms with Crippen LogP contribution in [0.5, 0.6) is 0 Å². The van der Waals surface area contributed by atoms with Crippen LogP contribution in [0.15, 0.2) is 23.3 Å². The first-order chi connectivity index (χ1) is 10.2. The number of rotatable bonds is 8. The molecule has 0 heterocycles. The normalized spacial score (nSPS) is 22.9. The maximum atomic E-state index is 12.0. The quantitative estimate of drug-likeness (QED) is 0.685. The van der Waals surface area contributed by atoms with Crippen molar-refractivity contribution in [2.24, 2.45) is 5.92 Å². The van der Waals surface area contributed by atoms with Crippen molar-refractivity contribution in [2.45, 2.75) is 78.2 Å². The Hall–Kier alpha value is -1.22.